The molecular formula is C13H24N4. The summed E-state index contributed by atoms with van der Waals surface area (Å²) in [6.45, 7) is 6.02. The Morgan fingerprint density at radius 2 is 2.06 bits per heavy atom. The van der Waals surface area contributed by atoms with E-state index in [0.717, 1.165) is 18.1 Å². The van der Waals surface area contributed by atoms with Crippen LogP contribution in [0.25, 0.3) is 0 Å². The third-order valence-electron chi connectivity index (χ3n) is 3.02. The molecule has 17 heavy (non-hydrogen) atoms. The first kappa shape index (κ1) is 13.8. The molecule has 4 heteroatoms. The van der Waals surface area contributed by atoms with Gasteiger partial charge in [0, 0.05) is 20.6 Å². The summed E-state index contributed by atoms with van der Waals surface area (Å²) in [7, 11) is 3.97. The van der Waals surface area contributed by atoms with Crippen LogP contribution in [0.4, 0.5) is 11.5 Å². The molecule has 1 unspecified atom stereocenters. The average Bonchev–Trinajstić information content (AvgIpc) is 2.30. The summed E-state index contributed by atoms with van der Waals surface area (Å²) in [6.07, 6.45) is 1.86. The Balaban J connectivity index is 2.52. The van der Waals surface area contributed by atoms with Gasteiger partial charge in [0.25, 0.3) is 0 Å². The lowest BCUT2D eigenvalue weighted by atomic mass is 9.96. The summed E-state index contributed by atoms with van der Waals surface area (Å²) in [5.41, 5.74) is 6.79. The summed E-state index contributed by atoms with van der Waals surface area (Å²) >= 11 is 0. The Morgan fingerprint density at radius 1 is 1.35 bits per heavy atom. The van der Waals surface area contributed by atoms with Crippen molar-refractivity contribution in [3.8, 4) is 0 Å². The van der Waals surface area contributed by atoms with E-state index in [1.165, 1.54) is 0 Å². The molecule has 1 aromatic rings. The standard InChI is InChI=1S/C13H24N4/c1-10(2)11(7-14)8-15-12-5-6-13(16-9-12)17(3)4/h5-6,9-11,15H,7-8,14H2,1-4H3. The van der Waals surface area contributed by atoms with Crippen LogP contribution in [0, 0.1) is 11.8 Å². The highest BCUT2D eigenvalue weighted by Gasteiger charge is 2.10. The van der Waals surface area contributed by atoms with Crippen molar-refractivity contribution in [1.82, 2.24) is 4.98 Å². The summed E-state index contributed by atoms with van der Waals surface area (Å²) in [5, 5.41) is 3.38. The second kappa shape index (κ2) is 6.45. The molecule has 0 aliphatic heterocycles. The van der Waals surface area contributed by atoms with Gasteiger partial charge in [0.15, 0.2) is 0 Å². The van der Waals surface area contributed by atoms with Crippen molar-refractivity contribution in [2.75, 3.05) is 37.4 Å². The van der Waals surface area contributed by atoms with E-state index in [2.05, 4.69) is 30.2 Å². The number of hydrogen-bond acceptors (Lipinski definition) is 4. The van der Waals surface area contributed by atoms with Crippen LogP contribution in [-0.2, 0) is 0 Å². The largest absolute Gasteiger partial charge is 0.383 e. The number of hydrogen-bond donors (Lipinski definition) is 2. The Hall–Kier alpha value is -1.29. The molecule has 1 rings (SSSR count). The molecule has 0 aromatic carbocycles. The first-order valence-electron chi connectivity index (χ1n) is 6.12. The van der Waals surface area contributed by atoms with Gasteiger partial charge in [-0.15, -0.1) is 0 Å². The minimum Gasteiger partial charge on any atom is -0.383 e. The highest BCUT2D eigenvalue weighted by Crippen LogP contribution is 2.14. The van der Waals surface area contributed by atoms with E-state index in [1.807, 2.05) is 31.3 Å². The molecule has 4 nitrogen and oxygen atoms in total. The molecule has 0 bridgehead atoms. The lowest BCUT2D eigenvalue weighted by Gasteiger charge is -2.20. The molecule has 1 heterocycles. The van der Waals surface area contributed by atoms with E-state index in [-0.39, 0.29) is 0 Å². The molecule has 3 N–H and O–H groups in total. The van der Waals surface area contributed by atoms with Crippen molar-refractivity contribution >= 4 is 11.5 Å². The van der Waals surface area contributed by atoms with Gasteiger partial charge in [0.1, 0.15) is 5.82 Å². The maximum Gasteiger partial charge on any atom is 0.128 e. The van der Waals surface area contributed by atoms with E-state index in [4.69, 9.17) is 5.73 Å². The van der Waals surface area contributed by atoms with Gasteiger partial charge in [-0.3, -0.25) is 0 Å². The maximum atomic E-state index is 5.74. The highest BCUT2D eigenvalue weighted by molar-refractivity contribution is 5.47. The molecule has 1 aromatic heterocycles. The van der Waals surface area contributed by atoms with Crippen molar-refractivity contribution < 1.29 is 0 Å². The predicted octanol–water partition coefficient (Wildman–Crippen LogP) is 1.79. The predicted molar refractivity (Wildman–Crippen MR) is 74.4 cm³/mol. The topological polar surface area (TPSA) is 54.2 Å². The zero-order valence-electron chi connectivity index (χ0n) is 11.3. The molecule has 0 amide bonds. The van der Waals surface area contributed by atoms with Crippen molar-refractivity contribution in [3.63, 3.8) is 0 Å². The number of nitrogens with zero attached hydrogens (tertiary/aromatic N) is 2. The molecule has 0 aliphatic carbocycles. The van der Waals surface area contributed by atoms with E-state index in [1.54, 1.807) is 0 Å². The minimum absolute atomic E-state index is 0.503. The molecule has 0 aliphatic rings. The Labute approximate surface area is 104 Å². The Kier molecular flexibility index (Phi) is 5.22. The molecule has 0 fully saturated rings. The van der Waals surface area contributed by atoms with Crippen LogP contribution in [0.2, 0.25) is 0 Å². The molecule has 0 radical (unpaired) electrons. The average molecular weight is 236 g/mol. The fraction of sp³-hybridized carbons (Fsp3) is 0.615. The molecule has 96 valence electrons. The lowest BCUT2D eigenvalue weighted by Crippen LogP contribution is -2.27. The van der Waals surface area contributed by atoms with E-state index < -0.39 is 0 Å². The minimum atomic E-state index is 0.503. The molecule has 0 saturated carbocycles. The Bertz CT molecular complexity index is 319. The SMILES string of the molecule is CC(C)C(CN)CNc1ccc(N(C)C)nc1. The van der Waals surface area contributed by atoms with Gasteiger partial charge in [-0.05, 0) is 30.5 Å². The first-order chi connectivity index (χ1) is 8.04. The van der Waals surface area contributed by atoms with Crippen LogP contribution in [0.15, 0.2) is 18.3 Å². The second-order valence-corrected chi connectivity index (χ2v) is 4.92. The summed E-state index contributed by atoms with van der Waals surface area (Å²) in [5.74, 6) is 2.07. The van der Waals surface area contributed by atoms with Crippen LogP contribution in [0.5, 0.6) is 0 Å². The van der Waals surface area contributed by atoms with Crippen LogP contribution in [0.3, 0.4) is 0 Å². The van der Waals surface area contributed by atoms with Gasteiger partial charge in [-0.1, -0.05) is 13.8 Å². The molecule has 0 saturated heterocycles. The monoisotopic (exact) mass is 236 g/mol. The van der Waals surface area contributed by atoms with E-state index >= 15 is 0 Å². The van der Waals surface area contributed by atoms with Crippen LogP contribution in [0.1, 0.15) is 13.8 Å². The van der Waals surface area contributed by atoms with Crippen molar-refractivity contribution in [3.05, 3.63) is 18.3 Å². The fourth-order valence-electron chi connectivity index (χ4n) is 1.60. The summed E-state index contributed by atoms with van der Waals surface area (Å²) in [4.78, 5) is 6.35. The lowest BCUT2D eigenvalue weighted by molar-refractivity contribution is 0.413. The normalized spacial score (nSPS) is 12.6. The number of aromatic nitrogens is 1. The number of nitrogens with one attached hydrogen (secondary N) is 1. The van der Waals surface area contributed by atoms with Gasteiger partial charge in [-0.2, -0.15) is 0 Å². The van der Waals surface area contributed by atoms with Gasteiger partial charge in [0.05, 0.1) is 11.9 Å². The summed E-state index contributed by atoms with van der Waals surface area (Å²) < 4.78 is 0. The fourth-order valence-corrected chi connectivity index (χ4v) is 1.60. The zero-order valence-corrected chi connectivity index (χ0v) is 11.3. The van der Waals surface area contributed by atoms with Crippen molar-refractivity contribution in [2.24, 2.45) is 17.6 Å². The number of pyridine rings is 1. The van der Waals surface area contributed by atoms with Gasteiger partial charge in [-0.25, -0.2) is 4.98 Å². The third-order valence-corrected chi connectivity index (χ3v) is 3.02. The van der Waals surface area contributed by atoms with Gasteiger partial charge in [0.2, 0.25) is 0 Å². The number of nitrogens with two attached hydrogens (primary N) is 1. The van der Waals surface area contributed by atoms with E-state index in [9.17, 15) is 0 Å². The number of anilines is 2. The smallest absolute Gasteiger partial charge is 0.128 e. The quantitative estimate of drug-likeness (QED) is 0.790. The maximum absolute atomic E-state index is 5.74. The molecule has 0 spiro atoms. The highest BCUT2D eigenvalue weighted by atomic mass is 15.1. The number of rotatable bonds is 6. The van der Waals surface area contributed by atoms with Crippen LogP contribution in [-0.4, -0.2) is 32.2 Å². The second-order valence-electron chi connectivity index (χ2n) is 4.92. The third kappa shape index (κ3) is 4.23. The zero-order chi connectivity index (χ0) is 12.8. The van der Waals surface area contributed by atoms with Gasteiger partial charge >= 0.3 is 0 Å². The molecular weight excluding hydrogens is 212 g/mol. The van der Waals surface area contributed by atoms with Crippen LogP contribution >= 0.6 is 0 Å². The van der Waals surface area contributed by atoms with Crippen molar-refractivity contribution in [1.29, 1.82) is 0 Å². The van der Waals surface area contributed by atoms with E-state index in [0.29, 0.717) is 18.4 Å². The molecule has 1 atom stereocenters. The van der Waals surface area contributed by atoms with Crippen molar-refractivity contribution in [2.45, 2.75) is 13.8 Å². The first-order valence-corrected chi connectivity index (χ1v) is 6.12. The van der Waals surface area contributed by atoms with Gasteiger partial charge < -0.3 is 16.0 Å². The summed E-state index contributed by atoms with van der Waals surface area (Å²) in [6, 6.07) is 4.06. The Morgan fingerprint density at radius 3 is 2.47 bits per heavy atom. The van der Waals surface area contributed by atoms with Crippen LogP contribution < -0.4 is 16.0 Å².